The van der Waals surface area contributed by atoms with Crippen LogP contribution < -0.4 is 0 Å². The summed E-state index contributed by atoms with van der Waals surface area (Å²) in [4.78, 5) is 3.18. The third kappa shape index (κ3) is 6.32. The second-order valence-electron chi connectivity index (χ2n) is 7.69. The smallest absolute Gasteiger partial charge is 0.172 e. The SMILES string of the molecule is Cc1cc(C)c([S+](c2ccccc2)c2ccccc2)c(C)c1.O=S(=O)([O-])c1ccc(F)cc1F. The Bertz CT molecular complexity index is 1310. The van der Waals surface area contributed by atoms with Gasteiger partial charge in [0.2, 0.25) is 0 Å². The van der Waals surface area contributed by atoms with E-state index in [1.807, 2.05) is 0 Å². The lowest BCUT2D eigenvalue weighted by Crippen LogP contribution is -2.08. The molecule has 0 radical (unpaired) electrons. The monoisotopic (exact) mass is 498 g/mol. The first-order valence-electron chi connectivity index (χ1n) is 10.4. The van der Waals surface area contributed by atoms with Gasteiger partial charge in [-0.2, -0.15) is 0 Å². The molecule has 0 aliphatic rings. The maximum Gasteiger partial charge on any atom is 0.172 e. The molecule has 0 amide bonds. The summed E-state index contributed by atoms with van der Waals surface area (Å²) < 4.78 is 55.5. The first kappa shape index (κ1) is 25.6. The predicted molar refractivity (Wildman–Crippen MR) is 130 cm³/mol. The minimum Gasteiger partial charge on any atom is -0.744 e. The van der Waals surface area contributed by atoms with Gasteiger partial charge in [-0.25, -0.2) is 17.2 Å². The van der Waals surface area contributed by atoms with E-state index in [0.717, 1.165) is 0 Å². The number of aryl methyl sites for hydroxylation is 3. The van der Waals surface area contributed by atoms with E-state index in [1.54, 1.807) is 0 Å². The quantitative estimate of drug-likeness (QED) is 0.236. The van der Waals surface area contributed by atoms with Crippen LogP contribution in [0.2, 0.25) is 0 Å². The second kappa shape index (κ2) is 11.0. The molecule has 4 aromatic carbocycles. The van der Waals surface area contributed by atoms with E-state index >= 15 is 0 Å². The summed E-state index contributed by atoms with van der Waals surface area (Å²) in [6.07, 6.45) is 0. The summed E-state index contributed by atoms with van der Waals surface area (Å²) >= 11 is 0. The predicted octanol–water partition coefficient (Wildman–Crippen LogP) is 6.58. The van der Waals surface area contributed by atoms with Crippen molar-refractivity contribution in [2.24, 2.45) is 0 Å². The fraction of sp³-hybridized carbons (Fsp3) is 0.111. The Hall–Kier alpha value is -3.00. The minimum absolute atomic E-state index is 0.0460. The number of benzene rings is 4. The summed E-state index contributed by atoms with van der Waals surface area (Å²) in [5, 5.41) is 0. The summed E-state index contributed by atoms with van der Waals surface area (Å²) in [7, 11) is -4.89. The lowest BCUT2D eigenvalue weighted by Gasteiger charge is -2.13. The van der Waals surface area contributed by atoms with Gasteiger partial charge in [-0.3, -0.25) is 0 Å². The van der Waals surface area contributed by atoms with Crippen molar-refractivity contribution in [2.75, 3.05) is 0 Å². The molecule has 0 aliphatic heterocycles. The Balaban J connectivity index is 0.000000229. The van der Waals surface area contributed by atoms with Crippen LogP contribution in [0, 0.1) is 32.4 Å². The largest absolute Gasteiger partial charge is 0.744 e. The Labute approximate surface area is 202 Å². The zero-order valence-corrected chi connectivity index (χ0v) is 20.6. The Morgan fingerprint density at radius 3 is 1.59 bits per heavy atom. The molecule has 4 aromatic rings. The zero-order valence-electron chi connectivity index (χ0n) is 19.0. The number of hydrogen-bond donors (Lipinski definition) is 0. The van der Waals surface area contributed by atoms with E-state index in [2.05, 4.69) is 93.6 Å². The molecule has 0 bridgehead atoms. The van der Waals surface area contributed by atoms with Crippen molar-refractivity contribution < 1.29 is 21.8 Å². The van der Waals surface area contributed by atoms with Gasteiger partial charge in [-0.1, -0.05) is 54.1 Å². The lowest BCUT2D eigenvalue weighted by molar-refractivity contribution is 0.453. The van der Waals surface area contributed by atoms with E-state index in [1.165, 1.54) is 31.4 Å². The molecule has 34 heavy (non-hydrogen) atoms. The first-order valence-corrected chi connectivity index (χ1v) is 13.0. The Morgan fingerprint density at radius 1 is 0.706 bits per heavy atom. The van der Waals surface area contributed by atoms with E-state index in [4.69, 9.17) is 0 Å². The van der Waals surface area contributed by atoms with Crippen LogP contribution in [0.25, 0.3) is 0 Å². The molecule has 7 heteroatoms. The molecular weight excluding hydrogens is 474 g/mol. The van der Waals surface area contributed by atoms with Gasteiger partial charge in [-0.05, 0) is 57.2 Å². The molecule has 0 spiro atoms. The van der Waals surface area contributed by atoms with Gasteiger partial charge in [0, 0.05) is 17.2 Å². The summed E-state index contributed by atoms with van der Waals surface area (Å²) in [6, 6.07) is 27.9. The van der Waals surface area contributed by atoms with E-state index < -0.39 is 26.6 Å². The second-order valence-corrected chi connectivity index (χ2v) is 11.0. The van der Waals surface area contributed by atoms with Crippen LogP contribution in [0.1, 0.15) is 16.7 Å². The molecule has 0 atom stereocenters. The van der Waals surface area contributed by atoms with E-state index in [0.29, 0.717) is 18.2 Å². The van der Waals surface area contributed by atoms with Crippen LogP contribution in [0.15, 0.2) is 111 Å². The molecule has 0 saturated carbocycles. The molecular formula is C27H24F2O3S2. The van der Waals surface area contributed by atoms with Gasteiger partial charge in [0.25, 0.3) is 0 Å². The van der Waals surface area contributed by atoms with Crippen LogP contribution in [0.3, 0.4) is 0 Å². The molecule has 0 saturated heterocycles. The Kier molecular flexibility index (Phi) is 8.25. The van der Waals surface area contributed by atoms with Crippen molar-refractivity contribution in [3.63, 3.8) is 0 Å². The molecule has 0 heterocycles. The van der Waals surface area contributed by atoms with Crippen molar-refractivity contribution in [1.82, 2.24) is 0 Å². The molecule has 3 nitrogen and oxygen atoms in total. The van der Waals surface area contributed by atoms with Crippen molar-refractivity contribution >= 4 is 21.0 Å². The molecule has 0 aromatic heterocycles. The highest BCUT2D eigenvalue weighted by Gasteiger charge is 2.31. The summed E-state index contributed by atoms with van der Waals surface area (Å²) in [5.41, 5.74) is 4.10. The van der Waals surface area contributed by atoms with E-state index in [9.17, 15) is 21.8 Å². The zero-order chi connectivity index (χ0) is 24.9. The van der Waals surface area contributed by atoms with Crippen LogP contribution in [0.4, 0.5) is 8.78 Å². The standard InChI is InChI=1S/C21H21S.C6H4F2O3S/c1-16-14-17(2)21(18(3)15-16)22(19-10-6-4-7-11-19)20-12-8-5-9-13-20;7-4-1-2-6(5(8)3-4)12(9,10)11/h4-15H,1-3H3;1-3H,(H,9,10,11)/q+1;/p-1. The maximum atomic E-state index is 12.5. The van der Waals surface area contributed by atoms with Crippen LogP contribution in [-0.4, -0.2) is 13.0 Å². The average Bonchev–Trinajstić information content (AvgIpc) is 2.77. The third-order valence-corrected chi connectivity index (χ3v) is 8.34. The van der Waals surface area contributed by atoms with Gasteiger partial charge in [-0.15, -0.1) is 0 Å². The Morgan fingerprint density at radius 2 is 1.18 bits per heavy atom. The van der Waals surface area contributed by atoms with Crippen molar-refractivity contribution in [3.05, 3.63) is 119 Å². The van der Waals surface area contributed by atoms with Crippen molar-refractivity contribution in [2.45, 2.75) is 40.4 Å². The van der Waals surface area contributed by atoms with Crippen LogP contribution in [0.5, 0.6) is 0 Å². The fourth-order valence-electron chi connectivity index (χ4n) is 3.65. The number of rotatable bonds is 4. The third-order valence-electron chi connectivity index (χ3n) is 4.93. The number of halogens is 2. The number of hydrogen-bond acceptors (Lipinski definition) is 3. The highest BCUT2D eigenvalue weighted by Crippen LogP contribution is 2.35. The highest BCUT2D eigenvalue weighted by molar-refractivity contribution is 7.97. The van der Waals surface area contributed by atoms with Gasteiger partial charge >= 0.3 is 0 Å². The van der Waals surface area contributed by atoms with Gasteiger partial charge in [0.1, 0.15) is 21.8 Å². The summed E-state index contributed by atoms with van der Waals surface area (Å²) in [5.74, 6) is -2.30. The fourth-order valence-corrected chi connectivity index (χ4v) is 6.55. The average molecular weight is 499 g/mol. The van der Waals surface area contributed by atoms with Crippen molar-refractivity contribution in [3.8, 4) is 0 Å². The molecule has 4 rings (SSSR count). The molecule has 0 aliphatic carbocycles. The minimum atomic E-state index is -4.84. The molecule has 176 valence electrons. The van der Waals surface area contributed by atoms with E-state index in [-0.39, 0.29) is 10.9 Å². The normalized spacial score (nSPS) is 11.1. The first-order chi connectivity index (χ1) is 16.1. The van der Waals surface area contributed by atoms with Crippen LogP contribution in [-0.2, 0) is 21.0 Å². The van der Waals surface area contributed by atoms with Gasteiger partial charge in [0.05, 0.1) is 15.8 Å². The lowest BCUT2D eigenvalue weighted by atomic mass is 10.1. The summed E-state index contributed by atoms with van der Waals surface area (Å²) in [6.45, 7) is 6.65. The molecule has 0 unspecified atom stereocenters. The van der Waals surface area contributed by atoms with Crippen molar-refractivity contribution in [1.29, 1.82) is 0 Å². The highest BCUT2D eigenvalue weighted by atomic mass is 32.2. The topological polar surface area (TPSA) is 57.2 Å². The maximum absolute atomic E-state index is 12.5. The van der Waals surface area contributed by atoms with Gasteiger partial charge in [0.15, 0.2) is 14.7 Å². The van der Waals surface area contributed by atoms with Gasteiger partial charge < -0.3 is 4.55 Å². The molecule has 0 fully saturated rings. The van der Waals surface area contributed by atoms with Crippen LogP contribution >= 0.6 is 0 Å². The molecule has 0 N–H and O–H groups in total.